The number of nitrogens with zero attached hydrogens (tertiary/aromatic N) is 1. The predicted molar refractivity (Wildman–Crippen MR) is 102 cm³/mol. The largest absolute Gasteiger partial charge is 0.492 e. The van der Waals surface area contributed by atoms with E-state index in [1.165, 1.54) is 16.8 Å². The Bertz CT molecular complexity index is 992. The summed E-state index contributed by atoms with van der Waals surface area (Å²) in [6.45, 7) is 2.40. The Kier molecular flexibility index (Phi) is 4.70. The number of nitrogens with one attached hydrogen (secondary N) is 1. The van der Waals surface area contributed by atoms with Gasteiger partial charge in [-0.15, -0.1) is 0 Å². The highest BCUT2D eigenvalue weighted by Crippen LogP contribution is 2.29. The zero-order chi connectivity index (χ0) is 18.0. The molecule has 1 fully saturated rings. The fraction of sp³-hybridized carbons (Fsp3) is 0.300. The van der Waals surface area contributed by atoms with Crippen molar-refractivity contribution in [1.29, 1.82) is 0 Å². The molecule has 136 valence electrons. The van der Waals surface area contributed by atoms with Crippen LogP contribution in [0.2, 0.25) is 0 Å². The van der Waals surface area contributed by atoms with Crippen LogP contribution in [-0.4, -0.2) is 32.1 Å². The third kappa shape index (κ3) is 3.48. The van der Waals surface area contributed by atoms with Crippen LogP contribution in [0, 0.1) is 5.92 Å². The summed E-state index contributed by atoms with van der Waals surface area (Å²) >= 11 is 0. The lowest BCUT2D eigenvalue weighted by molar-refractivity contribution is 0.317. The summed E-state index contributed by atoms with van der Waals surface area (Å²) in [5.74, 6) is 1.55. The predicted octanol–water partition coefficient (Wildman–Crippen LogP) is 3.26. The summed E-state index contributed by atoms with van der Waals surface area (Å²) < 4.78 is 33.0. The van der Waals surface area contributed by atoms with E-state index in [4.69, 9.17) is 4.74 Å². The Hall–Kier alpha value is -2.31. The Morgan fingerprint density at radius 3 is 2.62 bits per heavy atom. The molecular formula is C20H22N2O3S. The second kappa shape index (κ2) is 7.13. The number of hydrogen-bond acceptors (Lipinski definition) is 4. The van der Waals surface area contributed by atoms with E-state index < -0.39 is 10.0 Å². The summed E-state index contributed by atoms with van der Waals surface area (Å²) in [5.41, 5.74) is 0.622. The lowest BCUT2D eigenvalue weighted by Gasteiger charge is -2.10. The average Bonchev–Trinajstić information content (AvgIpc) is 3.37. The maximum Gasteiger partial charge on any atom is 0.268 e. The number of rotatable bonds is 8. The van der Waals surface area contributed by atoms with Crippen LogP contribution in [0.25, 0.3) is 10.9 Å². The van der Waals surface area contributed by atoms with Gasteiger partial charge in [0.25, 0.3) is 10.0 Å². The molecule has 1 aliphatic rings. The molecular weight excluding hydrogens is 348 g/mol. The molecule has 1 N–H and O–H groups in total. The second-order valence-electron chi connectivity index (χ2n) is 6.61. The van der Waals surface area contributed by atoms with E-state index in [9.17, 15) is 8.42 Å². The van der Waals surface area contributed by atoms with E-state index in [2.05, 4.69) is 5.32 Å². The van der Waals surface area contributed by atoms with Crippen LogP contribution in [0.15, 0.2) is 65.7 Å². The molecule has 0 radical (unpaired) electrons. The number of ether oxygens (including phenoxy) is 1. The third-order valence-corrected chi connectivity index (χ3v) is 6.33. The quantitative estimate of drug-likeness (QED) is 0.618. The normalized spacial score (nSPS) is 14.6. The van der Waals surface area contributed by atoms with Crippen molar-refractivity contribution in [2.75, 3.05) is 19.7 Å². The zero-order valence-electron chi connectivity index (χ0n) is 14.5. The number of benzene rings is 2. The van der Waals surface area contributed by atoms with Crippen LogP contribution >= 0.6 is 0 Å². The fourth-order valence-corrected chi connectivity index (χ4v) is 4.38. The highest BCUT2D eigenvalue weighted by Gasteiger charge is 2.21. The van der Waals surface area contributed by atoms with Crippen molar-refractivity contribution in [1.82, 2.24) is 9.29 Å². The van der Waals surface area contributed by atoms with Gasteiger partial charge >= 0.3 is 0 Å². The molecule has 0 unspecified atom stereocenters. The van der Waals surface area contributed by atoms with Gasteiger partial charge in [-0.2, -0.15) is 0 Å². The molecule has 6 heteroatoms. The summed E-state index contributed by atoms with van der Waals surface area (Å²) in [7, 11) is -3.62. The van der Waals surface area contributed by atoms with Crippen molar-refractivity contribution >= 4 is 20.9 Å². The van der Waals surface area contributed by atoms with Gasteiger partial charge in [-0.05, 0) is 55.6 Å². The second-order valence-corrected chi connectivity index (χ2v) is 8.43. The minimum absolute atomic E-state index is 0.271. The lowest BCUT2D eigenvalue weighted by Crippen LogP contribution is -2.23. The fourth-order valence-electron chi connectivity index (χ4n) is 3.02. The van der Waals surface area contributed by atoms with Gasteiger partial charge in [-0.3, -0.25) is 0 Å². The van der Waals surface area contributed by atoms with E-state index in [-0.39, 0.29) is 4.90 Å². The van der Waals surface area contributed by atoms with Gasteiger partial charge < -0.3 is 10.1 Å². The molecule has 1 saturated carbocycles. The lowest BCUT2D eigenvalue weighted by atomic mass is 10.2. The SMILES string of the molecule is O=S(=O)(c1ccccc1)n1ccc2c(OCCNCC3CC3)cccc21. The van der Waals surface area contributed by atoms with Gasteiger partial charge in [0.1, 0.15) is 12.4 Å². The summed E-state index contributed by atoms with van der Waals surface area (Å²) in [4.78, 5) is 0.271. The molecule has 0 atom stereocenters. The minimum Gasteiger partial charge on any atom is -0.492 e. The van der Waals surface area contributed by atoms with Gasteiger partial charge in [0, 0.05) is 18.1 Å². The maximum atomic E-state index is 12.9. The van der Waals surface area contributed by atoms with Crippen molar-refractivity contribution in [2.24, 2.45) is 5.92 Å². The summed E-state index contributed by atoms with van der Waals surface area (Å²) in [6, 6.07) is 15.8. The molecule has 1 aliphatic carbocycles. The Labute approximate surface area is 153 Å². The highest BCUT2D eigenvalue weighted by atomic mass is 32.2. The van der Waals surface area contributed by atoms with Gasteiger partial charge in [-0.25, -0.2) is 12.4 Å². The maximum absolute atomic E-state index is 12.9. The topological polar surface area (TPSA) is 60.3 Å². The first kappa shape index (κ1) is 17.1. The van der Waals surface area contributed by atoms with Crippen LogP contribution in [0.5, 0.6) is 5.75 Å². The molecule has 5 nitrogen and oxygen atoms in total. The first-order valence-electron chi connectivity index (χ1n) is 8.90. The van der Waals surface area contributed by atoms with E-state index in [0.717, 1.165) is 24.4 Å². The van der Waals surface area contributed by atoms with Crippen molar-refractivity contribution in [3.63, 3.8) is 0 Å². The van der Waals surface area contributed by atoms with Gasteiger partial charge in [-0.1, -0.05) is 24.3 Å². The van der Waals surface area contributed by atoms with Gasteiger partial charge in [0.05, 0.1) is 10.4 Å². The molecule has 1 heterocycles. The van der Waals surface area contributed by atoms with E-state index >= 15 is 0 Å². The monoisotopic (exact) mass is 370 g/mol. The Morgan fingerprint density at radius 2 is 1.85 bits per heavy atom. The highest BCUT2D eigenvalue weighted by molar-refractivity contribution is 7.90. The van der Waals surface area contributed by atoms with Crippen molar-refractivity contribution in [2.45, 2.75) is 17.7 Å². The molecule has 0 bridgehead atoms. The smallest absolute Gasteiger partial charge is 0.268 e. The van der Waals surface area contributed by atoms with Crippen molar-refractivity contribution in [3.8, 4) is 5.75 Å². The molecule has 3 aromatic rings. The third-order valence-electron chi connectivity index (χ3n) is 4.62. The molecule has 0 spiro atoms. The van der Waals surface area contributed by atoms with E-state index in [1.807, 2.05) is 12.1 Å². The molecule has 0 aliphatic heterocycles. The molecule has 1 aromatic heterocycles. The number of hydrogen-bond donors (Lipinski definition) is 1. The minimum atomic E-state index is -3.62. The molecule has 26 heavy (non-hydrogen) atoms. The van der Waals surface area contributed by atoms with Crippen LogP contribution in [-0.2, 0) is 10.0 Å². The average molecular weight is 370 g/mol. The molecule has 4 rings (SSSR count). The van der Waals surface area contributed by atoms with Gasteiger partial charge in [0.2, 0.25) is 0 Å². The van der Waals surface area contributed by atoms with Crippen LogP contribution in [0.4, 0.5) is 0 Å². The van der Waals surface area contributed by atoms with Gasteiger partial charge in [0.15, 0.2) is 0 Å². The number of fused-ring (bicyclic) bond motifs is 1. The molecule has 0 amide bonds. The Balaban J connectivity index is 1.54. The van der Waals surface area contributed by atoms with E-state index in [0.29, 0.717) is 17.9 Å². The summed E-state index contributed by atoms with van der Waals surface area (Å²) in [6.07, 6.45) is 4.25. The zero-order valence-corrected chi connectivity index (χ0v) is 15.3. The standard InChI is InChI=1S/C20H22N2O3S/c23-26(24,17-5-2-1-3-6-17)22-13-11-18-19(22)7-4-8-20(18)25-14-12-21-15-16-9-10-16/h1-8,11,13,16,21H,9-10,12,14-15H2. The first-order valence-corrected chi connectivity index (χ1v) is 10.3. The van der Waals surface area contributed by atoms with Crippen molar-refractivity contribution in [3.05, 3.63) is 60.8 Å². The number of aromatic nitrogens is 1. The molecule has 0 saturated heterocycles. The van der Waals surface area contributed by atoms with E-state index in [1.54, 1.807) is 48.7 Å². The van der Waals surface area contributed by atoms with Crippen LogP contribution in [0.3, 0.4) is 0 Å². The Morgan fingerprint density at radius 1 is 1.04 bits per heavy atom. The first-order chi connectivity index (χ1) is 12.7. The van der Waals surface area contributed by atoms with Crippen molar-refractivity contribution < 1.29 is 13.2 Å². The summed E-state index contributed by atoms with van der Waals surface area (Å²) in [5, 5.41) is 4.19. The molecule has 2 aromatic carbocycles. The van der Waals surface area contributed by atoms with Crippen LogP contribution in [0.1, 0.15) is 12.8 Å². The van der Waals surface area contributed by atoms with Crippen LogP contribution < -0.4 is 10.1 Å².